The molecule has 0 radical (unpaired) electrons. The molecule has 2 N–H and O–H groups in total. The Morgan fingerprint density at radius 2 is 1.88 bits per heavy atom. The van der Waals surface area contributed by atoms with Gasteiger partial charge in [-0.25, -0.2) is 14.6 Å². The molecule has 3 aromatic rings. The lowest BCUT2D eigenvalue weighted by Gasteiger charge is -2.07. The summed E-state index contributed by atoms with van der Waals surface area (Å²) in [6, 6.07) is 6.71. The summed E-state index contributed by atoms with van der Waals surface area (Å²) < 4.78 is 1.74. The van der Waals surface area contributed by atoms with Crippen molar-refractivity contribution in [3.05, 3.63) is 57.1 Å². The van der Waals surface area contributed by atoms with Crippen LogP contribution >= 0.6 is 23.2 Å². The molecule has 0 fully saturated rings. The van der Waals surface area contributed by atoms with Gasteiger partial charge in [0.25, 0.3) is 0 Å². The maximum Gasteiger partial charge on any atom is 0.159 e. The number of halogens is 2. The molecule has 0 aliphatic carbocycles. The van der Waals surface area contributed by atoms with Crippen LogP contribution in [0.2, 0.25) is 10.0 Å². The topological polar surface area (TPSA) is 88.2 Å². The zero-order valence-electron chi connectivity index (χ0n) is 14.3. The summed E-state index contributed by atoms with van der Waals surface area (Å²) in [5.41, 5.74) is 5.07. The molecule has 26 heavy (non-hydrogen) atoms. The van der Waals surface area contributed by atoms with Gasteiger partial charge in [0, 0.05) is 22.3 Å². The lowest BCUT2D eigenvalue weighted by Crippen LogP contribution is -2.06. The van der Waals surface area contributed by atoms with E-state index in [0.29, 0.717) is 28.0 Å². The number of phenols is 1. The van der Waals surface area contributed by atoms with Crippen LogP contribution in [0.1, 0.15) is 22.8 Å². The van der Waals surface area contributed by atoms with Crippen LogP contribution in [0.15, 0.2) is 29.4 Å². The average molecular weight is 391 g/mol. The van der Waals surface area contributed by atoms with Crippen molar-refractivity contribution in [3.8, 4) is 11.6 Å². The zero-order valence-corrected chi connectivity index (χ0v) is 15.8. The summed E-state index contributed by atoms with van der Waals surface area (Å²) >= 11 is 11.8. The molecule has 3 rings (SSSR count). The monoisotopic (exact) mass is 390 g/mol. The fourth-order valence-corrected chi connectivity index (χ4v) is 2.94. The third-order valence-corrected chi connectivity index (χ3v) is 4.00. The molecule has 0 amide bonds. The number of nitrogens with zero attached hydrogens (tertiary/aromatic N) is 5. The van der Waals surface area contributed by atoms with Gasteiger partial charge < -0.3 is 5.11 Å². The number of aromatic nitrogens is 4. The standard InChI is InChI=1S/C17H16Cl2N6O/c1-9-4-10(2)25(24-9)16-7-15(21-11(3)22-16)23-20-8-12-5-13(18)6-14(19)17(12)26/h4-8,26H,1-3H3,(H,21,22,23)/b20-8-. The van der Waals surface area contributed by atoms with Crippen molar-refractivity contribution in [2.24, 2.45) is 5.10 Å². The maximum absolute atomic E-state index is 9.94. The largest absolute Gasteiger partial charge is 0.506 e. The third kappa shape index (κ3) is 3.95. The molecule has 0 unspecified atom stereocenters. The van der Waals surface area contributed by atoms with Gasteiger partial charge in [0.2, 0.25) is 0 Å². The van der Waals surface area contributed by atoms with Crippen molar-refractivity contribution in [1.82, 2.24) is 19.7 Å². The van der Waals surface area contributed by atoms with Gasteiger partial charge in [-0.15, -0.1) is 0 Å². The Kier molecular flexibility index (Phi) is 5.11. The third-order valence-electron chi connectivity index (χ3n) is 3.49. The first kappa shape index (κ1) is 18.2. The Labute approximate surface area is 160 Å². The van der Waals surface area contributed by atoms with Gasteiger partial charge in [-0.05, 0) is 39.0 Å². The SMILES string of the molecule is Cc1cc(C)n(-c2cc(N/N=C\c3cc(Cl)cc(Cl)c3O)nc(C)n2)n1. The van der Waals surface area contributed by atoms with Crippen LogP contribution in [0.4, 0.5) is 5.82 Å². The summed E-state index contributed by atoms with van der Waals surface area (Å²) in [5.74, 6) is 1.60. The Hall–Kier alpha value is -2.64. The smallest absolute Gasteiger partial charge is 0.159 e. The first-order chi connectivity index (χ1) is 12.3. The van der Waals surface area contributed by atoms with Crippen LogP contribution < -0.4 is 5.43 Å². The van der Waals surface area contributed by atoms with Crippen LogP contribution in [-0.2, 0) is 0 Å². The fraction of sp³-hybridized carbons (Fsp3) is 0.176. The van der Waals surface area contributed by atoms with Crippen molar-refractivity contribution < 1.29 is 5.11 Å². The second-order valence-corrected chi connectivity index (χ2v) is 6.54. The van der Waals surface area contributed by atoms with Crippen molar-refractivity contribution in [3.63, 3.8) is 0 Å². The fourth-order valence-electron chi connectivity index (χ4n) is 2.43. The van der Waals surface area contributed by atoms with Gasteiger partial charge >= 0.3 is 0 Å². The van der Waals surface area contributed by atoms with Crippen molar-refractivity contribution >= 4 is 35.2 Å². The van der Waals surface area contributed by atoms with Gasteiger partial charge in [0.15, 0.2) is 11.6 Å². The van der Waals surface area contributed by atoms with Gasteiger partial charge in [-0.3, -0.25) is 5.43 Å². The van der Waals surface area contributed by atoms with Crippen molar-refractivity contribution in [1.29, 1.82) is 0 Å². The lowest BCUT2D eigenvalue weighted by atomic mass is 10.2. The molecule has 134 valence electrons. The predicted octanol–water partition coefficient (Wildman–Crippen LogP) is 4.05. The second-order valence-electron chi connectivity index (χ2n) is 5.69. The molecule has 0 spiro atoms. The highest BCUT2D eigenvalue weighted by atomic mass is 35.5. The minimum atomic E-state index is -0.0937. The normalized spacial score (nSPS) is 11.3. The summed E-state index contributed by atoms with van der Waals surface area (Å²) in [5, 5.41) is 19.0. The minimum absolute atomic E-state index is 0.0937. The highest BCUT2D eigenvalue weighted by molar-refractivity contribution is 6.36. The van der Waals surface area contributed by atoms with E-state index in [-0.39, 0.29) is 10.8 Å². The number of phenolic OH excluding ortho intramolecular Hbond substituents is 1. The number of nitrogens with one attached hydrogen (secondary N) is 1. The Morgan fingerprint density at radius 3 is 2.58 bits per heavy atom. The van der Waals surface area contributed by atoms with E-state index in [0.717, 1.165) is 11.4 Å². The lowest BCUT2D eigenvalue weighted by molar-refractivity contribution is 0.475. The highest BCUT2D eigenvalue weighted by Gasteiger charge is 2.09. The van der Waals surface area contributed by atoms with Crippen LogP contribution in [-0.4, -0.2) is 31.1 Å². The summed E-state index contributed by atoms with van der Waals surface area (Å²) in [4.78, 5) is 8.70. The van der Waals surface area contributed by atoms with E-state index in [4.69, 9.17) is 23.2 Å². The van der Waals surface area contributed by atoms with E-state index < -0.39 is 0 Å². The van der Waals surface area contributed by atoms with Crippen LogP contribution in [0.25, 0.3) is 5.82 Å². The second kappa shape index (κ2) is 7.31. The number of hydrazone groups is 1. The van der Waals surface area contributed by atoms with Gasteiger partial charge in [-0.2, -0.15) is 10.2 Å². The molecule has 0 aliphatic heterocycles. The molecule has 0 aliphatic rings. The molecule has 1 aromatic carbocycles. The highest BCUT2D eigenvalue weighted by Crippen LogP contribution is 2.30. The van der Waals surface area contributed by atoms with E-state index in [1.54, 1.807) is 23.7 Å². The molecular formula is C17H16Cl2N6O. The number of hydrogen-bond donors (Lipinski definition) is 2. The number of hydrogen-bond acceptors (Lipinski definition) is 6. The molecule has 7 nitrogen and oxygen atoms in total. The first-order valence-electron chi connectivity index (χ1n) is 7.70. The molecule has 2 aromatic heterocycles. The average Bonchev–Trinajstić information content (AvgIpc) is 2.90. The van der Waals surface area contributed by atoms with Gasteiger partial charge in [-0.1, -0.05) is 23.2 Å². The van der Waals surface area contributed by atoms with Crippen molar-refractivity contribution in [2.75, 3.05) is 5.43 Å². The maximum atomic E-state index is 9.94. The van der Waals surface area contributed by atoms with Gasteiger partial charge in [0.1, 0.15) is 11.6 Å². The summed E-state index contributed by atoms with van der Waals surface area (Å²) in [6.45, 7) is 5.66. The molecular weight excluding hydrogens is 375 g/mol. The minimum Gasteiger partial charge on any atom is -0.506 e. The number of benzene rings is 1. The number of aryl methyl sites for hydroxylation is 3. The van der Waals surface area contributed by atoms with Gasteiger partial charge in [0.05, 0.1) is 16.9 Å². The van der Waals surface area contributed by atoms with E-state index in [2.05, 4.69) is 25.6 Å². The molecule has 2 heterocycles. The number of aromatic hydroxyl groups is 1. The zero-order chi connectivity index (χ0) is 18.8. The van der Waals surface area contributed by atoms with Crippen LogP contribution in [0.5, 0.6) is 5.75 Å². The summed E-state index contributed by atoms with van der Waals surface area (Å²) in [7, 11) is 0. The molecule has 0 atom stereocenters. The molecule has 0 bridgehead atoms. The molecule has 0 saturated carbocycles. The predicted molar refractivity (Wildman–Crippen MR) is 103 cm³/mol. The molecule has 0 saturated heterocycles. The van der Waals surface area contributed by atoms with Crippen LogP contribution in [0.3, 0.4) is 0 Å². The van der Waals surface area contributed by atoms with E-state index in [1.165, 1.54) is 12.3 Å². The van der Waals surface area contributed by atoms with E-state index in [1.807, 2.05) is 19.9 Å². The number of rotatable bonds is 4. The summed E-state index contributed by atoms with van der Waals surface area (Å²) in [6.07, 6.45) is 1.41. The Balaban J connectivity index is 1.86. The Morgan fingerprint density at radius 1 is 1.12 bits per heavy atom. The number of anilines is 1. The van der Waals surface area contributed by atoms with Crippen LogP contribution in [0, 0.1) is 20.8 Å². The van der Waals surface area contributed by atoms with E-state index in [9.17, 15) is 5.11 Å². The van der Waals surface area contributed by atoms with Crippen molar-refractivity contribution in [2.45, 2.75) is 20.8 Å². The molecule has 9 heteroatoms. The Bertz CT molecular complexity index is 999. The van der Waals surface area contributed by atoms with E-state index >= 15 is 0 Å². The first-order valence-corrected chi connectivity index (χ1v) is 8.45. The quantitative estimate of drug-likeness (QED) is 0.518.